The van der Waals surface area contributed by atoms with Crippen molar-refractivity contribution in [3.8, 4) is 0 Å². The number of hydrogen-bond donors (Lipinski definition) is 2. The van der Waals surface area contributed by atoms with Crippen molar-refractivity contribution in [3.05, 3.63) is 77.4 Å². The number of nitrogens with one attached hydrogen (secondary N) is 2. The van der Waals surface area contributed by atoms with Crippen molar-refractivity contribution < 1.29 is 28.7 Å². The van der Waals surface area contributed by atoms with E-state index in [-0.39, 0.29) is 0 Å². The normalized spacial score (nSPS) is 11.4. The van der Waals surface area contributed by atoms with E-state index in [0.29, 0.717) is 23.2 Å². The van der Waals surface area contributed by atoms with E-state index in [9.17, 15) is 19.2 Å². The number of methoxy groups -OCH3 is 1. The molecule has 8 heteroatoms. The molecule has 8 nitrogen and oxygen atoms in total. The molecule has 0 fully saturated rings. The third kappa shape index (κ3) is 6.59. The van der Waals surface area contributed by atoms with Crippen molar-refractivity contribution >= 4 is 30.0 Å². The van der Waals surface area contributed by atoms with Gasteiger partial charge in [-0.1, -0.05) is 42.5 Å². The van der Waals surface area contributed by atoms with Gasteiger partial charge in [0, 0.05) is 18.2 Å². The zero-order valence-electron chi connectivity index (χ0n) is 16.6. The first-order chi connectivity index (χ1) is 14.4. The maximum atomic E-state index is 12.5. The van der Waals surface area contributed by atoms with Crippen molar-refractivity contribution in [2.45, 2.75) is 13.0 Å². The fourth-order valence-corrected chi connectivity index (χ4v) is 2.45. The maximum Gasteiger partial charge on any atom is 0.337 e. The Hall–Kier alpha value is -3.94. The van der Waals surface area contributed by atoms with Crippen molar-refractivity contribution in [1.29, 1.82) is 0 Å². The third-order valence-corrected chi connectivity index (χ3v) is 3.89. The van der Waals surface area contributed by atoms with Gasteiger partial charge in [0.2, 0.25) is 6.10 Å². The number of carbonyl (C=O) groups is 4. The maximum absolute atomic E-state index is 12.5. The number of carbonyl (C=O) groups excluding carboxylic acids is 4. The molecule has 0 aromatic heterocycles. The van der Waals surface area contributed by atoms with Gasteiger partial charge in [0.15, 0.2) is 0 Å². The number of hydrogen-bond acceptors (Lipinski definition) is 6. The van der Waals surface area contributed by atoms with Crippen molar-refractivity contribution in [1.82, 2.24) is 10.6 Å². The summed E-state index contributed by atoms with van der Waals surface area (Å²) < 4.78 is 9.91. The summed E-state index contributed by atoms with van der Waals surface area (Å²) in [7, 11) is 1.29. The van der Waals surface area contributed by atoms with Crippen LogP contribution in [0.3, 0.4) is 0 Å². The largest absolute Gasteiger partial charge is 0.465 e. The standard InChI is InChI=1S/C22H22N2O6/c1-3-23-22(28)24-20(26)19(16-7-5-4-6-8-16)30-18(25)14-11-15-9-12-17(13-10-15)21(27)29-2/h4-14,19H,3H2,1-2H3,(H2,23,24,26,28)/b14-11+. The highest BCUT2D eigenvalue weighted by molar-refractivity contribution is 5.98. The average molecular weight is 410 g/mol. The molecule has 2 N–H and O–H groups in total. The molecule has 0 aliphatic rings. The molecule has 0 aliphatic carbocycles. The molecule has 0 bridgehead atoms. The van der Waals surface area contributed by atoms with Crippen LogP contribution >= 0.6 is 0 Å². The van der Waals surface area contributed by atoms with Gasteiger partial charge in [-0.05, 0) is 30.7 Å². The van der Waals surface area contributed by atoms with E-state index in [0.717, 1.165) is 6.08 Å². The SMILES string of the molecule is CCNC(=O)NC(=O)C(OC(=O)/C=C/c1ccc(C(=O)OC)cc1)c1ccccc1. The summed E-state index contributed by atoms with van der Waals surface area (Å²) in [5, 5.41) is 4.59. The second-order valence-corrected chi connectivity index (χ2v) is 6.02. The number of rotatable bonds is 7. The quantitative estimate of drug-likeness (QED) is 0.536. The molecular formula is C22H22N2O6. The van der Waals surface area contributed by atoms with Crippen molar-refractivity contribution in [2.24, 2.45) is 0 Å². The molecule has 0 aliphatic heterocycles. The zero-order valence-corrected chi connectivity index (χ0v) is 16.6. The fourth-order valence-electron chi connectivity index (χ4n) is 2.45. The highest BCUT2D eigenvalue weighted by Crippen LogP contribution is 2.18. The summed E-state index contributed by atoms with van der Waals surface area (Å²) in [6.07, 6.45) is 1.34. The van der Waals surface area contributed by atoms with Gasteiger partial charge in [-0.15, -0.1) is 0 Å². The number of amides is 3. The molecule has 0 saturated carbocycles. The second-order valence-electron chi connectivity index (χ2n) is 6.02. The molecule has 2 rings (SSSR count). The summed E-state index contributed by atoms with van der Waals surface area (Å²) in [4.78, 5) is 47.8. The highest BCUT2D eigenvalue weighted by atomic mass is 16.5. The van der Waals surface area contributed by atoms with Crippen LogP contribution < -0.4 is 10.6 Å². The van der Waals surface area contributed by atoms with E-state index < -0.39 is 30.0 Å². The summed E-state index contributed by atoms with van der Waals surface area (Å²) in [6.45, 7) is 2.05. The van der Waals surface area contributed by atoms with Crippen LogP contribution in [0, 0.1) is 0 Å². The number of urea groups is 1. The van der Waals surface area contributed by atoms with Crippen molar-refractivity contribution in [3.63, 3.8) is 0 Å². The number of imide groups is 1. The minimum absolute atomic E-state index is 0.340. The van der Waals surface area contributed by atoms with E-state index in [4.69, 9.17) is 4.74 Å². The number of ether oxygens (including phenoxy) is 2. The molecule has 0 heterocycles. The van der Waals surface area contributed by atoms with E-state index in [1.165, 1.54) is 13.2 Å². The van der Waals surface area contributed by atoms with Crippen LogP contribution in [0.5, 0.6) is 0 Å². The zero-order chi connectivity index (χ0) is 21.9. The topological polar surface area (TPSA) is 111 Å². The molecule has 156 valence electrons. The molecule has 2 aromatic carbocycles. The Bertz CT molecular complexity index is 922. The minimum atomic E-state index is -1.30. The van der Waals surface area contributed by atoms with Crippen LogP contribution in [0.15, 0.2) is 60.7 Å². The lowest BCUT2D eigenvalue weighted by Gasteiger charge is -2.16. The van der Waals surface area contributed by atoms with Gasteiger partial charge in [0.25, 0.3) is 5.91 Å². The first kappa shape index (κ1) is 22.4. The second kappa shape index (κ2) is 11.2. The molecule has 3 amide bonds. The smallest absolute Gasteiger partial charge is 0.337 e. The lowest BCUT2D eigenvalue weighted by atomic mass is 10.1. The van der Waals surface area contributed by atoms with Crippen LogP contribution in [0.4, 0.5) is 4.79 Å². The van der Waals surface area contributed by atoms with Gasteiger partial charge in [-0.3, -0.25) is 10.1 Å². The minimum Gasteiger partial charge on any atom is -0.465 e. The summed E-state index contributed by atoms with van der Waals surface area (Å²) in [5.74, 6) is -2.00. The predicted molar refractivity (Wildman–Crippen MR) is 109 cm³/mol. The average Bonchev–Trinajstić information content (AvgIpc) is 2.76. The van der Waals surface area contributed by atoms with Crippen LogP contribution in [0.1, 0.15) is 34.5 Å². The van der Waals surface area contributed by atoms with E-state index in [1.807, 2.05) is 0 Å². The van der Waals surface area contributed by atoms with Crippen LogP contribution in [0.25, 0.3) is 6.08 Å². The van der Waals surface area contributed by atoms with E-state index in [2.05, 4.69) is 15.4 Å². The van der Waals surface area contributed by atoms with Gasteiger partial charge in [-0.25, -0.2) is 14.4 Å². The number of benzene rings is 2. The van der Waals surface area contributed by atoms with Crippen molar-refractivity contribution in [2.75, 3.05) is 13.7 Å². The van der Waals surface area contributed by atoms with Gasteiger partial charge >= 0.3 is 18.0 Å². The summed E-state index contributed by atoms with van der Waals surface area (Å²) in [6, 6.07) is 14.1. The Morgan fingerprint density at radius 3 is 2.27 bits per heavy atom. The Labute approximate surface area is 173 Å². The monoisotopic (exact) mass is 410 g/mol. The van der Waals surface area contributed by atoms with Gasteiger partial charge < -0.3 is 14.8 Å². The van der Waals surface area contributed by atoms with E-state index >= 15 is 0 Å². The van der Waals surface area contributed by atoms with Gasteiger partial charge in [0.05, 0.1) is 12.7 Å². The first-order valence-electron chi connectivity index (χ1n) is 9.15. The first-order valence-corrected chi connectivity index (χ1v) is 9.15. The lowest BCUT2D eigenvalue weighted by Crippen LogP contribution is -2.42. The molecule has 2 aromatic rings. The van der Waals surface area contributed by atoms with Gasteiger partial charge in [-0.2, -0.15) is 0 Å². The van der Waals surface area contributed by atoms with Gasteiger partial charge in [0.1, 0.15) is 0 Å². The summed E-state index contributed by atoms with van der Waals surface area (Å²) in [5.41, 5.74) is 1.44. The van der Waals surface area contributed by atoms with Crippen LogP contribution in [-0.4, -0.2) is 37.5 Å². The molecule has 1 unspecified atom stereocenters. The highest BCUT2D eigenvalue weighted by Gasteiger charge is 2.25. The lowest BCUT2D eigenvalue weighted by molar-refractivity contribution is -0.151. The molecule has 1 atom stereocenters. The Kier molecular flexibility index (Phi) is 8.31. The fraction of sp³-hybridized carbons (Fsp3) is 0.182. The summed E-state index contributed by atoms with van der Waals surface area (Å²) >= 11 is 0. The van der Waals surface area contributed by atoms with Crippen LogP contribution in [0.2, 0.25) is 0 Å². The molecular weight excluding hydrogens is 388 g/mol. The number of esters is 2. The Balaban J connectivity index is 2.10. The molecule has 30 heavy (non-hydrogen) atoms. The predicted octanol–water partition coefficient (Wildman–Crippen LogP) is 2.62. The van der Waals surface area contributed by atoms with E-state index in [1.54, 1.807) is 61.5 Å². The Morgan fingerprint density at radius 2 is 1.67 bits per heavy atom. The molecule has 0 radical (unpaired) electrons. The molecule has 0 saturated heterocycles. The third-order valence-electron chi connectivity index (χ3n) is 3.89. The molecule has 0 spiro atoms. The Morgan fingerprint density at radius 1 is 1.00 bits per heavy atom. The van der Waals surface area contributed by atoms with Crippen LogP contribution in [-0.2, 0) is 19.1 Å².